The summed E-state index contributed by atoms with van der Waals surface area (Å²) in [6.45, 7) is 1.72. The minimum absolute atomic E-state index is 0.00516. The van der Waals surface area contributed by atoms with Crippen LogP contribution in [0.25, 0.3) is 0 Å². The van der Waals surface area contributed by atoms with Gasteiger partial charge in [0.15, 0.2) is 0 Å². The van der Waals surface area contributed by atoms with Crippen LogP contribution >= 0.6 is 0 Å². The van der Waals surface area contributed by atoms with Gasteiger partial charge in [0.25, 0.3) is 0 Å². The predicted molar refractivity (Wildman–Crippen MR) is 89.5 cm³/mol. The van der Waals surface area contributed by atoms with E-state index < -0.39 is 22.0 Å². The Bertz CT molecular complexity index is 815. The van der Waals surface area contributed by atoms with Gasteiger partial charge in [-0.25, -0.2) is 17.9 Å². The molecule has 6 nitrogen and oxygen atoms in total. The summed E-state index contributed by atoms with van der Waals surface area (Å²) in [5.41, 5.74) is 0.768. The molecule has 0 heterocycles. The molecule has 0 fully saturated rings. The molecule has 0 bridgehead atoms. The Morgan fingerprint density at radius 1 is 1.04 bits per heavy atom. The molecular formula is C17H19NO5S. The summed E-state index contributed by atoms with van der Waals surface area (Å²) in [4.78, 5) is 11.7. The SMILES string of the molecule is COC(=O)c1ccccc1S(=O)(=O)N[C@@H](C)c1ccc(OC)cc1. The molecule has 0 aliphatic carbocycles. The summed E-state index contributed by atoms with van der Waals surface area (Å²) in [6, 6.07) is 12.5. The standard InChI is InChI=1S/C17H19NO5S/c1-12(13-8-10-14(22-2)11-9-13)18-24(20,21)16-7-5-4-6-15(16)17(19)23-3/h4-12,18H,1-3H3/t12-/m0/s1. The highest BCUT2D eigenvalue weighted by Gasteiger charge is 2.24. The second-order valence-corrected chi connectivity index (χ2v) is 6.79. The summed E-state index contributed by atoms with van der Waals surface area (Å²) in [7, 11) is -1.12. The molecule has 0 saturated heterocycles. The first kappa shape index (κ1) is 18.0. The molecule has 0 amide bonds. The molecule has 0 radical (unpaired) electrons. The van der Waals surface area contributed by atoms with Crippen LogP contribution in [0.2, 0.25) is 0 Å². The fourth-order valence-corrected chi connectivity index (χ4v) is 3.66. The lowest BCUT2D eigenvalue weighted by molar-refractivity contribution is 0.0596. The van der Waals surface area contributed by atoms with Gasteiger partial charge in [-0.3, -0.25) is 0 Å². The van der Waals surface area contributed by atoms with Crippen LogP contribution in [0.3, 0.4) is 0 Å². The van der Waals surface area contributed by atoms with E-state index in [0.717, 1.165) is 5.56 Å². The highest BCUT2D eigenvalue weighted by molar-refractivity contribution is 7.89. The van der Waals surface area contributed by atoms with Gasteiger partial charge in [-0.2, -0.15) is 0 Å². The molecule has 2 aromatic carbocycles. The topological polar surface area (TPSA) is 81.7 Å². The number of nitrogens with one attached hydrogen (secondary N) is 1. The normalized spacial score (nSPS) is 12.5. The van der Waals surface area contributed by atoms with Gasteiger partial charge in [0.1, 0.15) is 5.75 Å². The van der Waals surface area contributed by atoms with Crippen molar-refractivity contribution in [3.05, 3.63) is 59.7 Å². The lowest BCUT2D eigenvalue weighted by Crippen LogP contribution is -2.28. The number of carbonyl (C=O) groups excluding carboxylic acids is 1. The van der Waals surface area contributed by atoms with Crippen molar-refractivity contribution in [1.82, 2.24) is 4.72 Å². The van der Waals surface area contributed by atoms with Crippen LogP contribution in [0.1, 0.15) is 28.9 Å². The zero-order valence-corrected chi connectivity index (χ0v) is 14.5. The molecule has 7 heteroatoms. The highest BCUT2D eigenvalue weighted by Crippen LogP contribution is 2.22. The van der Waals surface area contributed by atoms with Crippen molar-refractivity contribution in [1.29, 1.82) is 0 Å². The monoisotopic (exact) mass is 349 g/mol. The van der Waals surface area contributed by atoms with Crippen molar-refractivity contribution < 1.29 is 22.7 Å². The summed E-state index contributed by atoms with van der Waals surface area (Å²) < 4.78 is 37.6. The molecule has 0 unspecified atom stereocenters. The Balaban J connectivity index is 2.29. The number of hydrogen-bond donors (Lipinski definition) is 1. The van der Waals surface area contributed by atoms with Gasteiger partial charge in [0, 0.05) is 6.04 Å². The second kappa shape index (κ2) is 7.46. The Labute approximate surface area is 141 Å². The number of ether oxygens (including phenoxy) is 2. The molecular weight excluding hydrogens is 330 g/mol. The number of hydrogen-bond acceptors (Lipinski definition) is 5. The first-order valence-electron chi connectivity index (χ1n) is 7.22. The molecule has 2 aromatic rings. The van der Waals surface area contributed by atoms with E-state index in [1.807, 2.05) is 0 Å². The average molecular weight is 349 g/mol. The molecule has 0 aliphatic heterocycles. The number of esters is 1. The fraction of sp³-hybridized carbons (Fsp3) is 0.235. The molecule has 2 rings (SSSR count). The molecule has 0 aliphatic rings. The Kier molecular flexibility index (Phi) is 5.58. The number of sulfonamides is 1. The van der Waals surface area contributed by atoms with Crippen molar-refractivity contribution in [2.24, 2.45) is 0 Å². The molecule has 24 heavy (non-hydrogen) atoms. The van der Waals surface area contributed by atoms with Crippen molar-refractivity contribution >= 4 is 16.0 Å². The van der Waals surface area contributed by atoms with E-state index in [4.69, 9.17) is 4.74 Å². The summed E-state index contributed by atoms with van der Waals surface area (Å²) in [6.07, 6.45) is 0. The number of carbonyl (C=O) groups is 1. The molecule has 128 valence electrons. The van der Waals surface area contributed by atoms with E-state index in [0.29, 0.717) is 5.75 Å². The summed E-state index contributed by atoms with van der Waals surface area (Å²) in [5, 5.41) is 0. The zero-order chi connectivity index (χ0) is 17.7. The largest absolute Gasteiger partial charge is 0.497 e. The molecule has 0 spiro atoms. The quantitative estimate of drug-likeness (QED) is 0.811. The first-order valence-corrected chi connectivity index (χ1v) is 8.71. The third-order valence-electron chi connectivity index (χ3n) is 3.53. The van der Waals surface area contributed by atoms with E-state index in [-0.39, 0.29) is 10.5 Å². The Hall–Kier alpha value is -2.38. The van der Waals surface area contributed by atoms with Crippen LogP contribution in [0.15, 0.2) is 53.4 Å². The second-order valence-electron chi connectivity index (χ2n) is 5.10. The lowest BCUT2D eigenvalue weighted by atomic mass is 10.1. The third-order valence-corrected chi connectivity index (χ3v) is 5.13. The molecule has 1 atom stereocenters. The van der Waals surface area contributed by atoms with Crippen molar-refractivity contribution in [2.45, 2.75) is 17.9 Å². The number of rotatable bonds is 6. The van der Waals surface area contributed by atoms with E-state index in [2.05, 4.69) is 9.46 Å². The van der Waals surface area contributed by atoms with Crippen molar-refractivity contribution in [2.75, 3.05) is 14.2 Å². The first-order chi connectivity index (χ1) is 11.4. The van der Waals surface area contributed by atoms with Gasteiger partial charge < -0.3 is 9.47 Å². The van der Waals surface area contributed by atoms with Crippen LogP contribution in [0.5, 0.6) is 5.75 Å². The predicted octanol–water partition coefficient (Wildman–Crippen LogP) is 2.52. The highest BCUT2D eigenvalue weighted by atomic mass is 32.2. The minimum Gasteiger partial charge on any atom is -0.497 e. The van der Waals surface area contributed by atoms with Crippen LogP contribution in [-0.4, -0.2) is 28.6 Å². The van der Waals surface area contributed by atoms with Crippen molar-refractivity contribution in [3.8, 4) is 5.75 Å². The van der Waals surface area contributed by atoms with E-state index >= 15 is 0 Å². The smallest absolute Gasteiger partial charge is 0.339 e. The van der Waals surface area contributed by atoms with Crippen LogP contribution in [0.4, 0.5) is 0 Å². The molecule has 0 saturated carbocycles. The minimum atomic E-state index is -3.89. The number of methoxy groups -OCH3 is 2. The van der Waals surface area contributed by atoms with Crippen LogP contribution < -0.4 is 9.46 Å². The molecule has 0 aromatic heterocycles. The fourth-order valence-electron chi connectivity index (χ4n) is 2.24. The maximum Gasteiger partial charge on any atom is 0.339 e. The Morgan fingerprint density at radius 3 is 2.25 bits per heavy atom. The molecule has 1 N–H and O–H groups in total. The summed E-state index contributed by atoms with van der Waals surface area (Å²) in [5.74, 6) is -0.0158. The van der Waals surface area contributed by atoms with Gasteiger partial charge in [-0.15, -0.1) is 0 Å². The maximum absolute atomic E-state index is 12.6. The van der Waals surface area contributed by atoms with Crippen molar-refractivity contribution in [3.63, 3.8) is 0 Å². The maximum atomic E-state index is 12.6. The zero-order valence-electron chi connectivity index (χ0n) is 13.6. The van der Waals surface area contributed by atoms with E-state index in [9.17, 15) is 13.2 Å². The van der Waals surface area contributed by atoms with Gasteiger partial charge in [-0.1, -0.05) is 24.3 Å². The lowest BCUT2D eigenvalue weighted by Gasteiger charge is -2.16. The van der Waals surface area contributed by atoms with E-state index in [1.165, 1.54) is 19.2 Å². The Morgan fingerprint density at radius 2 is 1.67 bits per heavy atom. The van der Waals surface area contributed by atoms with Gasteiger partial charge in [-0.05, 0) is 36.8 Å². The van der Waals surface area contributed by atoms with Gasteiger partial charge in [0.2, 0.25) is 10.0 Å². The van der Waals surface area contributed by atoms with E-state index in [1.54, 1.807) is 50.4 Å². The van der Waals surface area contributed by atoms with Crippen LogP contribution in [0, 0.1) is 0 Å². The van der Waals surface area contributed by atoms with Gasteiger partial charge in [0.05, 0.1) is 24.7 Å². The number of benzene rings is 2. The van der Waals surface area contributed by atoms with Crippen LogP contribution in [-0.2, 0) is 14.8 Å². The third kappa shape index (κ3) is 3.93. The summed E-state index contributed by atoms with van der Waals surface area (Å²) >= 11 is 0. The average Bonchev–Trinajstić information content (AvgIpc) is 2.60. The van der Waals surface area contributed by atoms with Gasteiger partial charge >= 0.3 is 5.97 Å².